The monoisotopic (exact) mass is 274 g/mol. The van der Waals surface area contributed by atoms with Crippen LogP contribution in [0.4, 0.5) is 5.69 Å². The minimum atomic E-state index is -0.0950. The molecule has 0 bridgehead atoms. The van der Waals surface area contributed by atoms with Gasteiger partial charge in [-0.15, -0.1) is 23.1 Å². The summed E-state index contributed by atoms with van der Waals surface area (Å²) in [6.45, 7) is 0. The Hall–Kier alpha value is -1.77. The zero-order valence-corrected chi connectivity index (χ0v) is 11.1. The SMILES string of the molecule is N#CCSc1ccc(NC(=O)c2cccs2)cc1. The van der Waals surface area contributed by atoms with E-state index in [0.717, 1.165) is 10.6 Å². The molecule has 1 N–H and O–H groups in total. The van der Waals surface area contributed by atoms with Gasteiger partial charge in [0.25, 0.3) is 5.91 Å². The molecular formula is C13H10N2OS2. The minimum absolute atomic E-state index is 0.0950. The van der Waals surface area contributed by atoms with Crippen molar-refractivity contribution in [3.05, 3.63) is 46.7 Å². The quantitative estimate of drug-likeness (QED) is 0.866. The molecule has 0 saturated carbocycles. The molecule has 3 nitrogen and oxygen atoms in total. The van der Waals surface area contributed by atoms with Gasteiger partial charge >= 0.3 is 0 Å². The van der Waals surface area contributed by atoms with Crippen molar-refractivity contribution in [3.63, 3.8) is 0 Å². The Balaban J connectivity index is 1.98. The lowest BCUT2D eigenvalue weighted by atomic mass is 10.3. The van der Waals surface area contributed by atoms with Gasteiger partial charge in [0.1, 0.15) is 0 Å². The lowest BCUT2D eigenvalue weighted by molar-refractivity contribution is 0.103. The van der Waals surface area contributed by atoms with Crippen molar-refractivity contribution in [1.29, 1.82) is 5.26 Å². The average molecular weight is 274 g/mol. The second-order valence-corrected chi connectivity index (χ2v) is 5.40. The highest BCUT2D eigenvalue weighted by Gasteiger charge is 2.06. The third-order valence-corrected chi connectivity index (χ3v) is 3.91. The third-order valence-electron chi connectivity index (χ3n) is 2.16. The molecule has 0 radical (unpaired) electrons. The zero-order valence-electron chi connectivity index (χ0n) is 9.42. The zero-order chi connectivity index (χ0) is 12.8. The first-order chi connectivity index (χ1) is 8.79. The van der Waals surface area contributed by atoms with Crippen LogP contribution in [-0.2, 0) is 0 Å². The average Bonchev–Trinajstić information content (AvgIpc) is 2.92. The lowest BCUT2D eigenvalue weighted by Gasteiger charge is -2.04. The molecule has 0 atom stereocenters. The molecule has 1 aromatic heterocycles. The third kappa shape index (κ3) is 3.36. The van der Waals surface area contributed by atoms with Crippen molar-refractivity contribution in [1.82, 2.24) is 0 Å². The van der Waals surface area contributed by atoms with E-state index in [1.54, 1.807) is 6.07 Å². The summed E-state index contributed by atoms with van der Waals surface area (Å²) >= 11 is 2.89. The van der Waals surface area contributed by atoms with Crippen molar-refractivity contribution >= 4 is 34.7 Å². The standard InChI is InChI=1S/C13H10N2OS2/c14-7-9-17-11-5-3-10(4-6-11)15-13(16)12-2-1-8-18-12/h1-6,8H,9H2,(H,15,16). The number of nitrogens with zero attached hydrogens (tertiary/aromatic N) is 1. The van der Waals surface area contributed by atoms with Crippen LogP contribution in [0.2, 0.25) is 0 Å². The molecule has 0 saturated heterocycles. The van der Waals surface area contributed by atoms with Crippen LogP contribution in [-0.4, -0.2) is 11.7 Å². The molecule has 0 fully saturated rings. The van der Waals surface area contributed by atoms with Gasteiger partial charge in [-0.25, -0.2) is 0 Å². The molecular weight excluding hydrogens is 264 g/mol. The summed E-state index contributed by atoms with van der Waals surface area (Å²) in [5.41, 5.74) is 0.759. The van der Waals surface area contributed by atoms with Crippen LogP contribution in [0.1, 0.15) is 9.67 Å². The molecule has 90 valence electrons. The maximum Gasteiger partial charge on any atom is 0.265 e. The van der Waals surface area contributed by atoms with E-state index in [4.69, 9.17) is 5.26 Å². The van der Waals surface area contributed by atoms with Gasteiger partial charge in [0.15, 0.2) is 0 Å². The molecule has 2 aromatic rings. The summed E-state index contributed by atoms with van der Waals surface area (Å²) in [7, 11) is 0. The number of thiophene rings is 1. The molecule has 0 unspecified atom stereocenters. The molecule has 1 heterocycles. The number of nitriles is 1. The van der Waals surface area contributed by atoms with E-state index < -0.39 is 0 Å². The van der Waals surface area contributed by atoms with Crippen LogP contribution in [0.25, 0.3) is 0 Å². The Labute approximate surface area is 113 Å². The highest BCUT2D eigenvalue weighted by atomic mass is 32.2. The first-order valence-corrected chi connectivity index (χ1v) is 7.11. The smallest absolute Gasteiger partial charge is 0.265 e. The second-order valence-electron chi connectivity index (χ2n) is 3.40. The van der Waals surface area contributed by atoms with E-state index >= 15 is 0 Å². The van der Waals surface area contributed by atoms with Crippen LogP contribution in [0.15, 0.2) is 46.7 Å². The Kier molecular flexibility index (Phi) is 4.40. The fraction of sp³-hybridized carbons (Fsp3) is 0.0769. The number of carbonyl (C=O) groups is 1. The van der Waals surface area contributed by atoms with E-state index in [-0.39, 0.29) is 5.91 Å². The van der Waals surface area contributed by atoms with Crippen molar-refractivity contribution in [3.8, 4) is 6.07 Å². The van der Waals surface area contributed by atoms with E-state index in [1.807, 2.05) is 35.7 Å². The molecule has 0 spiro atoms. The van der Waals surface area contributed by atoms with Crippen LogP contribution >= 0.6 is 23.1 Å². The molecule has 1 amide bonds. The van der Waals surface area contributed by atoms with Gasteiger partial charge in [0.05, 0.1) is 16.7 Å². The van der Waals surface area contributed by atoms with Crippen LogP contribution in [0, 0.1) is 11.3 Å². The van der Waals surface area contributed by atoms with Gasteiger partial charge in [-0.1, -0.05) is 6.07 Å². The predicted molar refractivity (Wildman–Crippen MR) is 75.1 cm³/mol. The van der Waals surface area contributed by atoms with Gasteiger partial charge in [-0.2, -0.15) is 5.26 Å². The Morgan fingerprint density at radius 3 is 2.72 bits per heavy atom. The highest BCUT2D eigenvalue weighted by Crippen LogP contribution is 2.20. The van der Waals surface area contributed by atoms with Crippen LogP contribution in [0.5, 0.6) is 0 Å². The number of anilines is 1. The summed E-state index contributed by atoms with van der Waals surface area (Å²) in [6, 6.07) is 13.2. The van der Waals surface area contributed by atoms with E-state index in [2.05, 4.69) is 11.4 Å². The summed E-state index contributed by atoms with van der Waals surface area (Å²) < 4.78 is 0. The number of rotatable bonds is 4. The Bertz CT molecular complexity index is 556. The van der Waals surface area contributed by atoms with Crippen molar-refractivity contribution in [2.45, 2.75) is 4.90 Å². The molecule has 0 aliphatic carbocycles. The van der Waals surface area contributed by atoms with Gasteiger partial charge in [0, 0.05) is 10.6 Å². The largest absolute Gasteiger partial charge is 0.321 e. The molecule has 5 heteroatoms. The molecule has 2 rings (SSSR count). The van der Waals surface area contributed by atoms with Crippen LogP contribution < -0.4 is 5.32 Å². The van der Waals surface area contributed by atoms with E-state index in [0.29, 0.717) is 10.6 Å². The van der Waals surface area contributed by atoms with Crippen molar-refractivity contribution in [2.75, 3.05) is 11.1 Å². The second kappa shape index (κ2) is 6.24. The number of nitrogens with one attached hydrogen (secondary N) is 1. The molecule has 1 aromatic carbocycles. The number of benzene rings is 1. The number of thioether (sulfide) groups is 1. The predicted octanol–water partition coefficient (Wildman–Crippen LogP) is 3.62. The Morgan fingerprint density at radius 2 is 2.11 bits per heavy atom. The molecule has 0 aliphatic rings. The van der Waals surface area contributed by atoms with Crippen molar-refractivity contribution in [2.24, 2.45) is 0 Å². The number of hydrogen-bond donors (Lipinski definition) is 1. The number of hydrogen-bond acceptors (Lipinski definition) is 4. The van der Waals surface area contributed by atoms with E-state index in [1.165, 1.54) is 23.1 Å². The van der Waals surface area contributed by atoms with Gasteiger partial charge in [-0.05, 0) is 35.7 Å². The fourth-order valence-corrected chi connectivity index (χ4v) is 2.53. The summed E-state index contributed by atoms with van der Waals surface area (Å²) in [4.78, 5) is 13.5. The summed E-state index contributed by atoms with van der Waals surface area (Å²) in [6.07, 6.45) is 0. The Morgan fingerprint density at radius 1 is 1.33 bits per heavy atom. The van der Waals surface area contributed by atoms with Gasteiger partial charge in [0.2, 0.25) is 0 Å². The van der Waals surface area contributed by atoms with Gasteiger partial charge < -0.3 is 5.32 Å². The highest BCUT2D eigenvalue weighted by molar-refractivity contribution is 7.99. The first-order valence-electron chi connectivity index (χ1n) is 5.24. The lowest BCUT2D eigenvalue weighted by Crippen LogP contribution is -2.09. The maximum atomic E-state index is 11.8. The first kappa shape index (κ1) is 12.7. The number of amides is 1. The van der Waals surface area contributed by atoms with E-state index in [9.17, 15) is 4.79 Å². The van der Waals surface area contributed by atoms with Crippen molar-refractivity contribution < 1.29 is 4.79 Å². The summed E-state index contributed by atoms with van der Waals surface area (Å²) in [5, 5.41) is 13.2. The van der Waals surface area contributed by atoms with Gasteiger partial charge in [-0.3, -0.25) is 4.79 Å². The molecule has 0 aliphatic heterocycles. The van der Waals surface area contributed by atoms with Crippen LogP contribution in [0.3, 0.4) is 0 Å². The molecule has 18 heavy (non-hydrogen) atoms. The maximum absolute atomic E-state index is 11.8. The normalized spacial score (nSPS) is 9.72. The minimum Gasteiger partial charge on any atom is -0.321 e. The fourth-order valence-electron chi connectivity index (χ4n) is 1.35. The topological polar surface area (TPSA) is 52.9 Å². The number of carbonyl (C=O) groups excluding carboxylic acids is 1. The summed E-state index contributed by atoms with van der Waals surface area (Å²) in [5.74, 6) is 0.336.